The molecule has 2 aliphatic carbocycles. The van der Waals surface area contributed by atoms with Crippen molar-refractivity contribution < 1.29 is 58.6 Å². The first kappa shape index (κ1) is 60.4. The number of ether oxygens (including phenoxy) is 4. The van der Waals surface area contributed by atoms with Crippen LogP contribution in [-0.2, 0) is 19.1 Å². The van der Waals surface area contributed by atoms with Gasteiger partial charge in [0.25, 0.3) is 11.8 Å². The third-order valence-electron chi connectivity index (χ3n) is 15.5. The summed E-state index contributed by atoms with van der Waals surface area (Å²) in [5, 5.41) is 47.2. The predicted molar refractivity (Wildman–Crippen MR) is 314 cm³/mol. The standard InChI is InChI=1S/C29H33N7O6.C16H19NO2.C13H15IN6O4/c1-16-5-9-19(10-6-16)41-29(40)35-13-11-17(12-14-35)3-2-4-20-33-25(30)21-26(34-20)36(15-31-21)28-23(38)22(37)24(42-28)27(39)32-18-7-8-18;1-3-4-14-9-11-17(12-10-14)16(18)19-15-7-5-13(2)6-8-15;14-13-18-9(15)5-10(19-13)20(3-16-5)12-7(22)6(21)8(24-12)11(23)17-4-1-2-4/h5-6,9-10,15,17-18,22-24,28,37-38H,3,7-8,11-14H2,1H3,(H,32,39)(H2,30,33,34);1,5-8,14H,4,9-12H2,2H3;3-4,6-8,12,21-22H,1-2H2,(H,17,23)(H2,15,18,19)/t22-,23?,24+,28-;;6-,7?,8+,12-/m1.1/s1. The number of fused-ring (bicyclic) bond motifs is 2. The zero-order valence-corrected chi connectivity index (χ0v) is 48.9. The van der Waals surface area contributed by atoms with Crippen LogP contribution in [0.4, 0.5) is 21.2 Å². The highest BCUT2D eigenvalue weighted by atomic mass is 127. The molecule has 26 nitrogen and oxygen atoms in total. The summed E-state index contributed by atoms with van der Waals surface area (Å²) in [7, 11) is 0. The third kappa shape index (κ3) is 14.7. The van der Waals surface area contributed by atoms with Gasteiger partial charge in [0.2, 0.25) is 5.82 Å². The number of likely N-dealkylation sites (tertiary alicyclic amines) is 2. The number of nitrogens with zero attached hydrogens (tertiary/aromatic N) is 10. The first-order valence-corrected chi connectivity index (χ1v) is 29.3. The van der Waals surface area contributed by atoms with Gasteiger partial charge in [-0.15, -0.1) is 12.3 Å². The van der Waals surface area contributed by atoms with E-state index in [2.05, 4.69) is 58.3 Å². The summed E-state index contributed by atoms with van der Waals surface area (Å²) in [6.07, 6.45) is 6.08. The van der Waals surface area contributed by atoms with Gasteiger partial charge in [-0.25, -0.2) is 39.5 Å². The number of aryl methyl sites for hydroxylation is 2. The second kappa shape index (κ2) is 26.7. The molecule has 2 unspecified atom stereocenters. The number of amides is 4. The zero-order valence-electron chi connectivity index (χ0n) is 46.7. The number of carbonyl (C=O) groups excluding carboxylic acids is 4. The molecule has 27 heteroatoms. The zero-order chi connectivity index (χ0) is 60.1. The monoisotopic (exact) mass is 1280 g/mol. The largest absolute Gasteiger partial charge is 0.415 e. The van der Waals surface area contributed by atoms with E-state index in [9.17, 15) is 39.6 Å². The first-order chi connectivity index (χ1) is 40.9. The number of halogens is 1. The van der Waals surface area contributed by atoms with Crippen LogP contribution in [0.25, 0.3) is 22.3 Å². The van der Waals surface area contributed by atoms with Crippen LogP contribution in [0, 0.1) is 53.7 Å². The van der Waals surface area contributed by atoms with Gasteiger partial charge < -0.3 is 71.3 Å². The molecule has 0 spiro atoms. The maximum atomic E-state index is 12.5. The molecule has 2 saturated carbocycles. The predicted octanol–water partition coefficient (Wildman–Crippen LogP) is 3.41. The van der Waals surface area contributed by atoms with E-state index in [-0.39, 0.29) is 47.4 Å². The van der Waals surface area contributed by atoms with E-state index < -0.39 is 60.9 Å². The van der Waals surface area contributed by atoms with Crippen molar-refractivity contribution in [3.05, 3.63) is 82.0 Å². The minimum absolute atomic E-state index is 0.0837. The van der Waals surface area contributed by atoms with Crippen molar-refractivity contribution in [2.75, 3.05) is 37.6 Å². The highest BCUT2D eigenvalue weighted by Gasteiger charge is 2.50. The number of carbonyl (C=O) groups is 4. The summed E-state index contributed by atoms with van der Waals surface area (Å²) in [5.41, 5.74) is 15.5. The number of terminal acetylenes is 1. The van der Waals surface area contributed by atoms with Gasteiger partial charge in [0.15, 0.2) is 51.4 Å². The van der Waals surface area contributed by atoms with Gasteiger partial charge in [-0.1, -0.05) is 41.3 Å². The molecule has 8 atom stereocenters. The molecule has 4 aliphatic heterocycles. The lowest BCUT2D eigenvalue weighted by Gasteiger charge is -2.30. The summed E-state index contributed by atoms with van der Waals surface area (Å²) in [6.45, 7) is 6.61. The van der Waals surface area contributed by atoms with Gasteiger partial charge in [0, 0.05) is 73.7 Å². The molecular formula is C58H67IN14O12. The second-order valence-electron chi connectivity index (χ2n) is 22.0. The van der Waals surface area contributed by atoms with Crippen molar-refractivity contribution >= 4 is 80.6 Å². The normalized spacial score (nSPS) is 24.0. The number of nitrogens with two attached hydrogens (primary N) is 2. The molecule has 0 radical (unpaired) electrons. The molecule has 448 valence electrons. The quantitative estimate of drug-likeness (QED) is 0.0553. The molecule has 2 aromatic carbocycles. The number of aliphatic hydroxyl groups excluding tert-OH is 4. The molecule has 6 aromatic rings. The number of aromatic nitrogens is 8. The Morgan fingerprint density at radius 1 is 0.624 bits per heavy atom. The number of nitrogen functional groups attached to an aromatic ring is 2. The number of piperidine rings is 2. The Morgan fingerprint density at radius 3 is 1.48 bits per heavy atom. The van der Waals surface area contributed by atoms with Crippen molar-refractivity contribution in [2.24, 2.45) is 11.8 Å². The highest BCUT2D eigenvalue weighted by molar-refractivity contribution is 14.1. The van der Waals surface area contributed by atoms with E-state index in [0.29, 0.717) is 63.4 Å². The molecule has 85 heavy (non-hydrogen) atoms. The van der Waals surface area contributed by atoms with E-state index >= 15 is 0 Å². The number of hydrogen-bond acceptors (Lipinski definition) is 20. The van der Waals surface area contributed by atoms with Gasteiger partial charge >= 0.3 is 12.2 Å². The van der Waals surface area contributed by atoms with Crippen LogP contribution in [0.1, 0.15) is 93.6 Å². The van der Waals surface area contributed by atoms with Crippen molar-refractivity contribution in [3.8, 4) is 35.7 Å². The number of aliphatic hydroxyl groups is 4. The maximum absolute atomic E-state index is 12.5. The number of nitrogens with one attached hydrogen (secondary N) is 2. The number of imidazole rings is 2. The molecule has 4 saturated heterocycles. The third-order valence-corrected chi connectivity index (χ3v) is 15.9. The Balaban J connectivity index is 0.000000157. The molecule has 0 bridgehead atoms. The van der Waals surface area contributed by atoms with Crippen LogP contribution in [-0.4, -0.2) is 168 Å². The maximum Gasteiger partial charge on any atom is 0.415 e. The Hall–Kier alpha value is -7.77. The van der Waals surface area contributed by atoms with Crippen molar-refractivity contribution in [1.82, 2.24) is 59.5 Å². The van der Waals surface area contributed by atoms with Gasteiger partial charge in [-0.05, 0) is 107 Å². The summed E-state index contributed by atoms with van der Waals surface area (Å²) in [6, 6.07) is 15.1. The first-order valence-electron chi connectivity index (χ1n) is 28.2. The van der Waals surface area contributed by atoms with Gasteiger partial charge in [0.05, 0.1) is 12.7 Å². The Bertz CT molecular complexity index is 3490. The van der Waals surface area contributed by atoms with Crippen LogP contribution in [0.3, 0.4) is 0 Å². The van der Waals surface area contributed by atoms with E-state index in [1.165, 1.54) is 21.8 Å². The van der Waals surface area contributed by atoms with Crippen LogP contribution in [0.15, 0.2) is 61.2 Å². The number of benzene rings is 2. The molecule has 8 heterocycles. The summed E-state index contributed by atoms with van der Waals surface area (Å²) >= 11 is 1.91. The summed E-state index contributed by atoms with van der Waals surface area (Å²) in [5.74, 6) is 10.4. The van der Waals surface area contributed by atoms with Gasteiger partial charge in [-0.3, -0.25) is 18.7 Å². The number of rotatable bonds is 10. The Labute approximate surface area is 502 Å². The van der Waals surface area contributed by atoms with Crippen molar-refractivity contribution in [3.63, 3.8) is 0 Å². The molecule has 4 amide bonds. The Kier molecular flexibility index (Phi) is 18.9. The van der Waals surface area contributed by atoms with E-state index in [4.69, 9.17) is 36.8 Å². The number of anilines is 2. The molecular weight excluding hydrogens is 1210 g/mol. The average molecular weight is 1280 g/mol. The van der Waals surface area contributed by atoms with Gasteiger partial charge in [0.1, 0.15) is 46.9 Å². The molecule has 6 fully saturated rings. The lowest BCUT2D eigenvalue weighted by atomic mass is 9.94. The van der Waals surface area contributed by atoms with Crippen molar-refractivity contribution in [1.29, 1.82) is 0 Å². The lowest BCUT2D eigenvalue weighted by Crippen LogP contribution is -2.43. The fraction of sp³-hybridized carbons (Fsp3) is 0.483. The lowest BCUT2D eigenvalue weighted by molar-refractivity contribution is -0.138. The fourth-order valence-corrected chi connectivity index (χ4v) is 10.6. The van der Waals surface area contributed by atoms with E-state index in [0.717, 1.165) is 82.0 Å². The van der Waals surface area contributed by atoms with Crippen molar-refractivity contribution in [2.45, 2.75) is 139 Å². The average Bonchev–Trinajstić information content (AvgIpc) is 2.26. The van der Waals surface area contributed by atoms with E-state index in [1.54, 1.807) is 21.9 Å². The molecule has 4 aromatic heterocycles. The smallest absolute Gasteiger partial charge is 0.410 e. The van der Waals surface area contributed by atoms with Gasteiger partial charge in [-0.2, -0.15) is 0 Å². The summed E-state index contributed by atoms with van der Waals surface area (Å²) < 4.78 is 25.5. The molecule has 10 N–H and O–H groups in total. The van der Waals surface area contributed by atoms with Crippen LogP contribution >= 0.6 is 22.6 Å². The minimum atomic E-state index is -1.42. The Morgan fingerprint density at radius 2 is 1.05 bits per heavy atom. The van der Waals surface area contributed by atoms with Crippen LogP contribution in [0.5, 0.6) is 11.5 Å². The summed E-state index contributed by atoms with van der Waals surface area (Å²) in [4.78, 5) is 78.0. The second-order valence-corrected chi connectivity index (χ2v) is 23.0. The number of hydrogen-bond donors (Lipinski definition) is 8. The fourth-order valence-electron chi connectivity index (χ4n) is 10.1. The minimum Gasteiger partial charge on any atom is -0.410 e. The molecule has 12 rings (SSSR count). The van der Waals surface area contributed by atoms with Crippen LogP contribution in [0.2, 0.25) is 0 Å². The molecule has 6 aliphatic rings. The SMILES string of the molecule is C#CCC1CCN(C(=O)Oc2ccc(C)cc2)CC1.Cc1ccc(OC(=O)N2CCC(CC#Cc3nc(N)c4ncn([C@@H]5O[C@H](C(=O)NC6CC6)[C@H](O)C5O)c4n3)CC2)cc1.Nc1nc(I)nc2c1ncn2[C@@H]1O[C@H](C(=O)NC2CC2)[C@H](O)C1O. The highest BCUT2D eigenvalue weighted by Crippen LogP contribution is 2.35. The topological polar surface area (TPSA) is 356 Å². The van der Waals surface area contributed by atoms with Crippen LogP contribution < -0.4 is 31.6 Å². The van der Waals surface area contributed by atoms with E-state index in [1.807, 2.05) is 72.8 Å².